The molecule has 2 aliphatic heterocycles. The van der Waals surface area contributed by atoms with E-state index in [4.69, 9.17) is 11.6 Å². The molecule has 7 nitrogen and oxygen atoms in total. The van der Waals surface area contributed by atoms with Gasteiger partial charge in [0.25, 0.3) is 5.91 Å². The number of halogens is 1. The molecule has 2 saturated heterocycles. The lowest BCUT2D eigenvalue weighted by Crippen LogP contribution is -2.59. The van der Waals surface area contributed by atoms with Gasteiger partial charge in [-0.1, -0.05) is 23.7 Å². The number of piperidine rings is 2. The Hall–Kier alpha value is -2.93. The van der Waals surface area contributed by atoms with Crippen LogP contribution in [-0.4, -0.2) is 49.4 Å². The Labute approximate surface area is 173 Å². The second kappa shape index (κ2) is 7.48. The van der Waals surface area contributed by atoms with Crippen molar-refractivity contribution in [3.05, 3.63) is 65.6 Å². The molecule has 4 heterocycles. The van der Waals surface area contributed by atoms with E-state index in [1.54, 1.807) is 18.6 Å². The summed E-state index contributed by atoms with van der Waals surface area (Å²) in [5.74, 6) is 1.31. The number of nitrogens with zero attached hydrogens (tertiary/aromatic N) is 5. The zero-order valence-corrected chi connectivity index (χ0v) is 16.5. The Balaban J connectivity index is 1.41. The first-order chi connectivity index (χ1) is 14.2. The third kappa shape index (κ3) is 3.46. The van der Waals surface area contributed by atoms with E-state index in [9.17, 15) is 4.79 Å². The van der Waals surface area contributed by atoms with Crippen LogP contribution in [0.2, 0.25) is 5.02 Å². The predicted octanol–water partition coefficient (Wildman–Crippen LogP) is 3.42. The van der Waals surface area contributed by atoms with Gasteiger partial charge in [0.1, 0.15) is 5.82 Å². The molecule has 0 spiro atoms. The molecule has 0 radical (unpaired) electrons. The van der Waals surface area contributed by atoms with Crippen molar-refractivity contribution >= 4 is 23.3 Å². The van der Waals surface area contributed by atoms with E-state index in [0.29, 0.717) is 22.2 Å². The lowest BCUT2D eigenvalue weighted by atomic mass is 9.76. The van der Waals surface area contributed by atoms with Gasteiger partial charge >= 0.3 is 0 Å². The molecule has 1 saturated carbocycles. The first kappa shape index (κ1) is 18.1. The molecule has 1 unspecified atom stereocenters. The van der Waals surface area contributed by atoms with Crippen molar-refractivity contribution in [3.8, 4) is 5.69 Å². The summed E-state index contributed by atoms with van der Waals surface area (Å²) in [6.45, 7) is 0.788. The quantitative estimate of drug-likeness (QED) is 0.715. The monoisotopic (exact) mass is 408 g/mol. The zero-order valence-electron chi connectivity index (χ0n) is 15.8. The zero-order chi connectivity index (χ0) is 19.8. The SMILES string of the molecule is O=C(c1ccccc1-n1nccn1)N1CC2CC[C@H]1[C@H](Nc1ccc(Cl)cn1)C2. The van der Waals surface area contributed by atoms with Gasteiger partial charge in [-0.2, -0.15) is 15.0 Å². The number of amides is 1. The van der Waals surface area contributed by atoms with Crippen LogP contribution in [0, 0.1) is 5.92 Å². The minimum absolute atomic E-state index is 0.0307. The first-order valence-corrected chi connectivity index (χ1v) is 10.2. The van der Waals surface area contributed by atoms with E-state index in [1.165, 1.54) is 4.80 Å². The van der Waals surface area contributed by atoms with Gasteiger partial charge in [-0.15, -0.1) is 0 Å². The molecule has 8 heteroatoms. The maximum atomic E-state index is 13.5. The number of nitrogens with one attached hydrogen (secondary N) is 1. The fourth-order valence-corrected chi connectivity index (χ4v) is 4.67. The van der Waals surface area contributed by atoms with E-state index in [2.05, 4.69) is 20.5 Å². The van der Waals surface area contributed by atoms with Crippen LogP contribution in [0.3, 0.4) is 0 Å². The average molecular weight is 409 g/mol. The number of rotatable bonds is 4. The number of carbonyl (C=O) groups is 1. The fourth-order valence-electron chi connectivity index (χ4n) is 4.56. The number of benzene rings is 1. The van der Waals surface area contributed by atoms with Crippen LogP contribution in [-0.2, 0) is 0 Å². The molecule has 1 aliphatic carbocycles. The Morgan fingerprint density at radius 2 is 1.93 bits per heavy atom. The fraction of sp³-hybridized carbons (Fsp3) is 0.333. The van der Waals surface area contributed by atoms with Crippen LogP contribution >= 0.6 is 11.6 Å². The number of anilines is 1. The highest BCUT2D eigenvalue weighted by atomic mass is 35.5. The average Bonchev–Trinajstić information content (AvgIpc) is 3.30. The molecule has 29 heavy (non-hydrogen) atoms. The van der Waals surface area contributed by atoms with E-state index in [-0.39, 0.29) is 18.0 Å². The third-order valence-corrected chi connectivity index (χ3v) is 6.09. The highest BCUT2D eigenvalue weighted by Gasteiger charge is 2.43. The molecule has 3 fully saturated rings. The second-order valence-corrected chi connectivity index (χ2v) is 8.09. The van der Waals surface area contributed by atoms with Gasteiger partial charge in [0.05, 0.1) is 34.7 Å². The summed E-state index contributed by atoms with van der Waals surface area (Å²) in [6, 6.07) is 11.5. The molecule has 2 aromatic heterocycles. The van der Waals surface area contributed by atoms with E-state index in [0.717, 1.165) is 31.6 Å². The van der Waals surface area contributed by atoms with E-state index >= 15 is 0 Å². The van der Waals surface area contributed by atoms with E-state index < -0.39 is 0 Å². The van der Waals surface area contributed by atoms with Crippen LogP contribution in [0.15, 0.2) is 55.0 Å². The van der Waals surface area contributed by atoms with Crippen molar-refractivity contribution in [3.63, 3.8) is 0 Å². The predicted molar refractivity (Wildman–Crippen MR) is 110 cm³/mol. The summed E-state index contributed by atoms with van der Waals surface area (Å²) in [5.41, 5.74) is 1.33. The van der Waals surface area contributed by atoms with Gasteiger partial charge < -0.3 is 10.2 Å². The molecule has 1 N–H and O–H groups in total. The Kier molecular flexibility index (Phi) is 4.67. The summed E-state index contributed by atoms with van der Waals surface area (Å²) in [5, 5.41) is 12.5. The Morgan fingerprint density at radius 1 is 1.10 bits per heavy atom. The van der Waals surface area contributed by atoms with Gasteiger partial charge in [-0.05, 0) is 49.4 Å². The van der Waals surface area contributed by atoms with Crippen LogP contribution < -0.4 is 5.32 Å². The number of aromatic nitrogens is 4. The molecule has 3 atom stereocenters. The molecule has 3 aromatic rings. The Morgan fingerprint density at radius 3 is 2.69 bits per heavy atom. The second-order valence-electron chi connectivity index (χ2n) is 7.65. The summed E-state index contributed by atoms with van der Waals surface area (Å²) in [7, 11) is 0. The number of carbonyl (C=O) groups excluding carboxylic acids is 1. The molecule has 3 aliphatic rings. The Bertz CT molecular complexity index is 1010. The first-order valence-electron chi connectivity index (χ1n) is 9.84. The number of para-hydroxylation sites is 1. The summed E-state index contributed by atoms with van der Waals surface area (Å²) in [4.78, 5) is 21.4. The van der Waals surface area contributed by atoms with Crippen LogP contribution in [0.4, 0.5) is 5.82 Å². The molecular formula is C21H21ClN6O. The normalized spacial score (nSPS) is 23.2. The smallest absolute Gasteiger partial charge is 0.256 e. The highest BCUT2D eigenvalue weighted by Crippen LogP contribution is 2.37. The summed E-state index contributed by atoms with van der Waals surface area (Å²) in [6.07, 6.45) is 8.06. The maximum absolute atomic E-state index is 13.5. The lowest BCUT2D eigenvalue weighted by Gasteiger charge is -2.50. The van der Waals surface area contributed by atoms with Crippen LogP contribution in [0.1, 0.15) is 29.6 Å². The van der Waals surface area contributed by atoms with Crippen molar-refractivity contribution in [2.24, 2.45) is 5.92 Å². The molecule has 148 valence electrons. The molecule has 1 aromatic carbocycles. The summed E-state index contributed by atoms with van der Waals surface area (Å²) >= 11 is 5.95. The van der Waals surface area contributed by atoms with Crippen molar-refractivity contribution < 1.29 is 4.79 Å². The van der Waals surface area contributed by atoms with Gasteiger partial charge in [0, 0.05) is 18.8 Å². The number of hydrogen-bond acceptors (Lipinski definition) is 5. The van der Waals surface area contributed by atoms with E-state index in [1.807, 2.05) is 41.3 Å². The molecular weight excluding hydrogens is 388 g/mol. The minimum Gasteiger partial charge on any atom is -0.365 e. The van der Waals surface area contributed by atoms with Gasteiger partial charge in [0.2, 0.25) is 0 Å². The number of fused-ring (bicyclic) bond motifs is 3. The minimum atomic E-state index is 0.0307. The summed E-state index contributed by atoms with van der Waals surface area (Å²) < 4.78 is 0. The van der Waals surface area contributed by atoms with Crippen LogP contribution in [0.25, 0.3) is 5.69 Å². The van der Waals surface area contributed by atoms with Crippen molar-refractivity contribution in [2.45, 2.75) is 31.3 Å². The van der Waals surface area contributed by atoms with Crippen molar-refractivity contribution in [1.82, 2.24) is 24.9 Å². The lowest BCUT2D eigenvalue weighted by molar-refractivity contribution is 0.0281. The van der Waals surface area contributed by atoms with Crippen molar-refractivity contribution in [2.75, 3.05) is 11.9 Å². The van der Waals surface area contributed by atoms with Crippen LogP contribution in [0.5, 0.6) is 0 Å². The molecule has 2 bridgehead atoms. The highest BCUT2D eigenvalue weighted by molar-refractivity contribution is 6.30. The van der Waals surface area contributed by atoms with Crippen molar-refractivity contribution in [1.29, 1.82) is 0 Å². The molecule has 6 rings (SSSR count). The maximum Gasteiger partial charge on any atom is 0.256 e. The van der Waals surface area contributed by atoms with Gasteiger partial charge in [0.15, 0.2) is 0 Å². The third-order valence-electron chi connectivity index (χ3n) is 5.87. The molecule has 1 amide bonds. The van der Waals surface area contributed by atoms with Gasteiger partial charge in [-0.25, -0.2) is 4.98 Å². The van der Waals surface area contributed by atoms with Gasteiger partial charge in [-0.3, -0.25) is 4.79 Å². The number of hydrogen-bond donors (Lipinski definition) is 1. The largest absolute Gasteiger partial charge is 0.365 e. The topological polar surface area (TPSA) is 75.9 Å². The standard InChI is InChI=1S/C21H21ClN6O/c22-15-6-8-20(23-12-15)26-17-11-14-5-7-19(17)27(13-14)21(29)16-3-1-2-4-18(16)28-24-9-10-25-28/h1-4,6,8-10,12,14,17,19H,5,7,11,13H2,(H,23,26)/t14?,17-,19+/m1/s1. The number of pyridine rings is 1.